The van der Waals surface area contributed by atoms with Gasteiger partial charge in [0.05, 0.1) is 11.6 Å². The number of halogens is 2. The number of hydrogen-bond donors (Lipinski definition) is 0. The molecule has 1 spiro atoms. The Bertz CT molecular complexity index is 1190. The third-order valence-electron chi connectivity index (χ3n) is 6.28. The maximum absolute atomic E-state index is 14.0. The van der Waals surface area contributed by atoms with Gasteiger partial charge in [0.2, 0.25) is 11.4 Å². The zero-order valence-corrected chi connectivity index (χ0v) is 17.1. The van der Waals surface area contributed by atoms with Crippen molar-refractivity contribution in [3.8, 4) is 0 Å². The summed E-state index contributed by atoms with van der Waals surface area (Å²) >= 11 is 0. The minimum absolute atomic E-state index is 0.112. The summed E-state index contributed by atoms with van der Waals surface area (Å²) in [5, 5.41) is 4.36. The molecule has 0 radical (unpaired) electrons. The van der Waals surface area contributed by atoms with Crippen LogP contribution < -0.4 is 0 Å². The monoisotopic (exact) mass is 417 g/mol. The van der Waals surface area contributed by atoms with Crippen molar-refractivity contribution in [3.63, 3.8) is 0 Å². The highest BCUT2D eigenvalue weighted by Crippen LogP contribution is 2.47. The summed E-state index contributed by atoms with van der Waals surface area (Å²) in [6.45, 7) is 1.96. The molecule has 1 heterocycles. The summed E-state index contributed by atoms with van der Waals surface area (Å²) in [4.78, 5) is 20.0. The van der Waals surface area contributed by atoms with E-state index in [0.717, 1.165) is 29.5 Å². The van der Waals surface area contributed by atoms with Crippen LogP contribution in [0.2, 0.25) is 0 Å². The fourth-order valence-corrected chi connectivity index (χ4v) is 4.74. The van der Waals surface area contributed by atoms with Crippen LogP contribution in [0.3, 0.4) is 0 Å². The smallest absolute Gasteiger partial charge is 0.212 e. The Hall–Kier alpha value is -3.34. The highest BCUT2D eigenvalue weighted by atomic mass is 19.1. The summed E-state index contributed by atoms with van der Waals surface area (Å²) in [5.41, 5.74) is 3.40. The molecule has 31 heavy (non-hydrogen) atoms. The van der Waals surface area contributed by atoms with Crippen molar-refractivity contribution in [2.75, 3.05) is 0 Å². The first-order valence-corrected chi connectivity index (χ1v) is 10.4. The van der Waals surface area contributed by atoms with Crippen LogP contribution in [0.5, 0.6) is 0 Å². The quantitative estimate of drug-likeness (QED) is 0.533. The number of rotatable bonds is 2. The van der Waals surface area contributed by atoms with Crippen LogP contribution in [0.4, 0.5) is 8.78 Å². The molecule has 2 unspecified atom stereocenters. The van der Waals surface area contributed by atoms with E-state index in [1.54, 1.807) is 24.3 Å². The first-order valence-electron chi connectivity index (χ1n) is 10.4. The molecule has 0 N–H and O–H groups in total. The van der Waals surface area contributed by atoms with Crippen LogP contribution >= 0.6 is 0 Å². The topological polar surface area (TPSA) is 38.7 Å². The zero-order valence-electron chi connectivity index (χ0n) is 17.1. The van der Waals surface area contributed by atoms with Crippen LogP contribution in [-0.2, 0) is 11.3 Å². The van der Waals surface area contributed by atoms with E-state index in [2.05, 4.69) is 5.16 Å². The van der Waals surface area contributed by atoms with Gasteiger partial charge in [0.1, 0.15) is 11.6 Å². The Balaban J connectivity index is 1.67. The first kappa shape index (κ1) is 19.6. The number of fused-ring (bicyclic) bond motifs is 1. The molecule has 0 saturated carbocycles. The van der Waals surface area contributed by atoms with Crippen molar-refractivity contribution in [1.29, 1.82) is 0 Å². The van der Waals surface area contributed by atoms with Gasteiger partial charge in [-0.3, -0.25) is 4.79 Å². The highest BCUT2D eigenvalue weighted by Gasteiger charge is 2.56. The van der Waals surface area contributed by atoms with E-state index < -0.39 is 11.5 Å². The Morgan fingerprint density at radius 2 is 1.65 bits per heavy atom. The van der Waals surface area contributed by atoms with Gasteiger partial charge in [-0.05, 0) is 67.6 Å². The number of oxime groups is 1. The number of benzene rings is 3. The van der Waals surface area contributed by atoms with Gasteiger partial charge in [-0.1, -0.05) is 47.1 Å². The number of ketones is 1. The van der Waals surface area contributed by atoms with Crippen LogP contribution in [-0.4, -0.2) is 17.1 Å². The molecule has 2 aliphatic rings. The van der Waals surface area contributed by atoms with Gasteiger partial charge < -0.3 is 4.84 Å². The molecule has 3 aromatic carbocycles. The van der Waals surface area contributed by atoms with Crippen LogP contribution in [0.1, 0.15) is 51.4 Å². The van der Waals surface area contributed by atoms with Gasteiger partial charge in [0.15, 0.2) is 0 Å². The second-order valence-electron chi connectivity index (χ2n) is 8.29. The maximum Gasteiger partial charge on any atom is 0.212 e. The lowest BCUT2D eigenvalue weighted by atomic mass is 9.72. The van der Waals surface area contributed by atoms with E-state index in [1.165, 1.54) is 24.3 Å². The van der Waals surface area contributed by atoms with E-state index in [-0.39, 0.29) is 17.4 Å². The molecule has 3 aromatic rings. The molecule has 0 amide bonds. The van der Waals surface area contributed by atoms with Crippen molar-refractivity contribution < 1.29 is 18.4 Å². The molecule has 0 bridgehead atoms. The lowest BCUT2D eigenvalue weighted by Crippen LogP contribution is -2.45. The largest absolute Gasteiger partial charge is 0.379 e. The molecule has 1 aliphatic carbocycles. The summed E-state index contributed by atoms with van der Waals surface area (Å²) in [7, 11) is 0. The fraction of sp³-hybridized carbons (Fsp3) is 0.231. The Labute approximate surface area is 179 Å². The average molecular weight is 417 g/mol. The Kier molecular flexibility index (Phi) is 4.69. The second-order valence-corrected chi connectivity index (χ2v) is 8.29. The zero-order chi connectivity index (χ0) is 21.6. The van der Waals surface area contributed by atoms with Crippen molar-refractivity contribution in [3.05, 3.63) is 106 Å². The summed E-state index contributed by atoms with van der Waals surface area (Å²) in [5.74, 6) is -1.35. The van der Waals surface area contributed by atoms with Gasteiger partial charge in [-0.2, -0.15) is 0 Å². The predicted octanol–water partition coefficient (Wildman–Crippen LogP) is 5.75. The van der Waals surface area contributed by atoms with E-state index in [4.69, 9.17) is 4.84 Å². The van der Waals surface area contributed by atoms with Crippen LogP contribution in [0.15, 0.2) is 71.9 Å². The Morgan fingerprint density at radius 1 is 0.968 bits per heavy atom. The lowest BCUT2D eigenvalue weighted by molar-refractivity contribution is -0.0170. The molecular formula is C26H21F2NO2. The number of nitrogens with zero attached hydrogens (tertiary/aromatic N) is 1. The highest BCUT2D eigenvalue weighted by molar-refractivity contribution is 6.14. The van der Waals surface area contributed by atoms with Crippen molar-refractivity contribution >= 4 is 11.5 Å². The molecule has 1 aliphatic heterocycles. The normalized spacial score (nSPS) is 22.6. The third kappa shape index (κ3) is 3.25. The number of Topliss-reactive ketones (excluding diaryl/α,β-unsaturated/α-hetero) is 1. The predicted molar refractivity (Wildman–Crippen MR) is 114 cm³/mol. The molecule has 2 atom stereocenters. The fourth-order valence-electron chi connectivity index (χ4n) is 4.74. The molecule has 3 nitrogen and oxygen atoms in total. The van der Waals surface area contributed by atoms with Gasteiger partial charge in [0.25, 0.3) is 0 Å². The maximum atomic E-state index is 14.0. The molecule has 5 heteroatoms. The lowest BCUT2D eigenvalue weighted by Gasteiger charge is -2.31. The molecule has 5 rings (SSSR count). The summed E-state index contributed by atoms with van der Waals surface area (Å²) in [6, 6.07) is 18.0. The van der Waals surface area contributed by atoms with Gasteiger partial charge in [0, 0.05) is 11.1 Å². The van der Waals surface area contributed by atoms with Crippen LogP contribution in [0.25, 0.3) is 0 Å². The number of carbonyl (C=O) groups excluding carboxylic acids is 1. The van der Waals surface area contributed by atoms with E-state index >= 15 is 0 Å². The number of aryl methyl sites for hydroxylation is 2. The third-order valence-corrected chi connectivity index (χ3v) is 6.28. The van der Waals surface area contributed by atoms with Crippen molar-refractivity contribution in [2.24, 2.45) is 5.16 Å². The van der Waals surface area contributed by atoms with E-state index in [1.807, 2.05) is 25.1 Å². The van der Waals surface area contributed by atoms with E-state index in [9.17, 15) is 13.6 Å². The molecule has 0 fully saturated rings. The second kappa shape index (κ2) is 7.41. The molecule has 0 saturated heterocycles. The molecule has 156 valence electrons. The van der Waals surface area contributed by atoms with Gasteiger partial charge in [-0.25, -0.2) is 8.78 Å². The summed E-state index contributed by atoms with van der Waals surface area (Å²) in [6.07, 6.45) is 2.01. The summed E-state index contributed by atoms with van der Waals surface area (Å²) < 4.78 is 27.2. The molecular weight excluding hydrogens is 396 g/mol. The Morgan fingerprint density at radius 3 is 2.35 bits per heavy atom. The minimum Gasteiger partial charge on any atom is -0.379 e. The SMILES string of the molecule is Cc1ccc2c(c1)C(=O)C1(CCC2)ON=C(c2ccc(F)cc2)C1c1ccc(F)cc1. The van der Waals surface area contributed by atoms with E-state index in [0.29, 0.717) is 23.3 Å². The van der Waals surface area contributed by atoms with Crippen LogP contribution in [0, 0.1) is 18.6 Å². The minimum atomic E-state index is -1.22. The average Bonchev–Trinajstić information content (AvgIpc) is 3.09. The number of carbonyl (C=O) groups is 1. The number of hydrogen-bond acceptors (Lipinski definition) is 3. The van der Waals surface area contributed by atoms with Gasteiger partial charge in [-0.15, -0.1) is 0 Å². The first-order chi connectivity index (χ1) is 15.0. The van der Waals surface area contributed by atoms with Crippen molar-refractivity contribution in [1.82, 2.24) is 0 Å². The molecule has 0 aromatic heterocycles. The van der Waals surface area contributed by atoms with Gasteiger partial charge >= 0.3 is 0 Å². The van der Waals surface area contributed by atoms with Crippen molar-refractivity contribution in [2.45, 2.75) is 37.7 Å². The standard InChI is InChI=1S/C26H21F2NO2/c1-16-4-5-17-3-2-14-26(25(30)22(17)15-16)23(18-6-10-20(27)11-7-18)24(29-31-26)19-8-12-21(28)13-9-19/h4-13,15,23H,2-3,14H2,1H3.